The minimum absolute atomic E-state index is 0.0319. The zero-order valence-electron chi connectivity index (χ0n) is 11.6. The van der Waals surface area contributed by atoms with Gasteiger partial charge in [-0.1, -0.05) is 0 Å². The van der Waals surface area contributed by atoms with E-state index in [4.69, 9.17) is 5.11 Å². The van der Waals surface area contributed by atoms with Crippen LogP contribution in [0.25, 0.3) is 10.9 Å². The number of fused-ring (bicyclic) bond motifs is 1. The Morgan fingerprint density at radius 2 is 2.05 bits per heavy atom. The van der Waals surface area contributed by atoms with Crippen molar-refractivity contribution in [2.24, 2.45) is 0 Å². The van der Waals surface area contributed by atoms with Gasteiger partial charge in [0.15, 0.2) is 0 Å². The van der Waals surface area contributed by atoms with Crippen LogP contribution in [-0.2, 0) is 4.79 Å². The fourth-order valence-corrected chi connectivity index (χ4v) is 2.06. The summed E-state index contributed by atoms with van der Waals surface area (Å²) in [6.07, 6.45) is 2.24. The first-order valence-corrected chi connectivity index (χ1v) is 6.49. The highest BCUT2D eigenvalue weighted by atomic mass is 16.4. The summed E-state index contributed by atoms with van der Waals surface area (Å²) in [4.78, 5) is 25.9. The Morgan fingerprint density at radius 3 is 2.75 bits per heavy atom. The van der Waals surface area contributed by atoms with E-state index < -0.39 is 11.5 Å². The summed E-state index contributed by atoms with van der Waals surface area (Å²) in [5.41, 5.74) is 0.995. The van der Waals surface area contributed by atoms with Gasteiger partial charge in [0.1, 0.15) is 0 Å². The molecule has 0 fully saturated rings. The molecule has 1 aromatic carbocycles. The molecule has 0 bridgehead atoms. The van der Waals surface area contributed by atoms with Crippen LogP contribution >= 0.6 is 0 Å². The molecule has 0 aliphatic carbocycles. The summed E-state index contributed by atoms with van der Waals surface area (Å²) in [5.74, 6) is -1.05. The maximum absolute atomic E-state index is 12.2. The Morgan fingerprint density at radius 1 is 1.30 bits per heavy atom. The Hall–Kier alpha value is -2.30. The lowest BCUT2D eigenvalue weighted by Crippen LogP contribution is -2.43. The van der Waals surface area contributed by atoms with Crippen LogP contribution in [0, 0.1) is 0 Å². The maximum atomic E-state index is 12.2. The molecular formula is C15H18N2O3. The number of H-pyrrole nitrogens is 1. The molecule has 1 aromatic heterocycles. The number of aromatic nitrogens is 1. The molecule has 0 spiro atoms. The number of nitrogens with one attached hydrogen (secondary N) is 2. The van der Waals surface area contributed by atoms with Crippen molar-refractivity contribution in [3.63, 3.8) is 0 Å². The molecule has 0 aliphatic rings. The Balaban J connectivity index is 2.08. The van der Waals surface area contributed by atoms with Gasteiger partial charge in [-0.2, -0.15) is 0 Å². The van der Waals surface area contributed by atoms with E-state index in [1.54, 1.807) is 6.07 Å². The average molecular weight is 274 g/mol. The number of hydrogen-bond acceptors (Lipinski definition) is 2. The topological polar surface area (TPSA) is 82.2 Å². The van der Waals surface area contributed by atoms with Gasteiger partial charge in [-0.15, -0.1) is 0 Å². The fourth-order valence-electron chi connectivity index (χ4n) is 2.06. The predicted molar refractivity (Wildman–Crippen MR) is 76.7 cm³/mol. The van der Waals surface area contributed by atoms with Crippen molar-refractivity contribution in [2.75, 3.05) is 0 Å². The molecule has 0 atom stereocenters. The van der Waals surface area contributed by atoms with Gasteiger partial charge < -0.3 is 15.4 Å². The van der Waals surface area contributed by atoms with Gasteiger partial charge in [0.2, 0.25) is 0 Å². The Labute approximate surface area is 117 Å². The van der Waals surface area contributed by atoms with Crippen molar-refractivity contribution >= 4 is 22.8 Å². The molecule has 106 valence electrons. The van der Waals surface area contributed by atoms with Gasteiger partial charge in [0.25, 0.3) is 5.91 Å². The van der Waals surface area contributed by atoms with E-state index in [9.17, 15) is 9.59 Å². The van der Waals surface area contributed by atoms with Gasteiger partial charge in [0, 0.05) is 34.6 Å². The SMILES string of the molecule is CC(C)(CCC(=O)O)NC(=O)c1ccc2[nH]ccc2c1. The van der Waals surface area contributed by atoms with Crippen molar-refractivity contribution in [3.05, 3.63) is 36.0 Å². The van der Waals surface area contributed by atoms with Crippen LogP contribution in [0.15, 0.2) is 30.5 Å². The molecule has 0 saturated heterocycles. The van der Waals surface area contributed by atoms with Crippen LogP contribution in [0.5, 0.6) is 0 Å². The van der Waals surface area contributed by atoms with Gasteiger partial charge in [-0.25, -0.2) is 0 Å². The van der Waals surface area contributed by atoms with Gasteiger partial charge in [-0.05, 0) is 44.5 Å². The van der Waals surface area contributed by atoms with E-state index in [0.29, 0.717) is 12.0 Å². The zero-order valence-corrected chi connectivity index (χ0v) is 11.6. The molecule has 2 aromatic rings. The molecule has 3 N–H and O–H groups in total. The fraction of sp³-hybridized carbons (Fsp3) is 0.333. The molecule has 0 saturated carbocycles. The first-order valence-electron chi connectivity index (χ1n) is 6.49. The lowest BCUT2D eigenvalue weighted by molar-refractivity contribution is -0.137. The first-order chi connectivity index (χ1) is 9.37. The van der Waals surface area contributed by atoms with Crippen molar-refractivity contribution in [1.29, 1.82) is 0 Å². The molecule has 0 radical (unpaired) electrons. The lowest BCUT2D eigenvalue weighted by Gasteiger charge is -2.25. The van der Waals surface area contributed by atoms with Crippen molar-refractivity contribution < 1.29 is 14.7 Å². The van der Waals surface area contributed by atoms with Gasteiger partial charge in [0.05, 0.1) is 0 Å². The normalized spacial score (nSPS) is 11.5. The van der Waals surface area contributed by atoms with Gasteiger partial charge >= 0.3 is 5.97 Å². The van der Waals surface area contributed by atoms with Crippen molar-refractivity contribution in [1.82, 2.24) is 10.3 Å². The second-order valence-electron chi connectivity index (χ2n) is 5.51. The molecule has 1 amide bonds. The lowest BCUT2D eigenvalue weighted by atomic mass is 9.97. The highest BCUT2D eigenvalue weighted by molar-refractivity contribution is 5.98. The minimum atomic E-state index is -0.860. The molecule has 2 rings (SSSR count). The third-order valence-corrected chi connectivity index (χ3v) is 3.23. The zero-order chi connectivity index (χ0) is 14.8. The van der Waals surface area contributed by atoms with Crippen LogP contribution < -0.4 is 5.32 Å². The molecule has 5 nitrogen and oxygen atoms in total. The van der Waals surface area contributed by atoms with E-state index in [1.807, 2.05) is 38.2 Å². The minimum Gasteiger partial charge on any atom is -0.481 e. The molecule has 20 heavy (non-hydrogen) atoms. The standard InChI is InChI=1S/C15H18N2O3/c1-15(2,7-5-13(18)19)17-14(20)11-3-4-12-10(9-11)6-8-16-12/h3-4,6,8-9,16H,5,7H2,1-2H3,(H,17,20)(H,18,19). The van der Waals surface area contributed by atoms with E-state index in [0.717, 1.165) is 10.9 Å². The maximum Gasteiger partial charge on any atom is 0.303 e. The number of aliphatic carboxylic acids is 1. The number of amides is 1. The van der Waals surface area contributed by atoms with Crippen molar-refractivity contribution in [3.8, 4) is 0 Å². The molecular weight excluding hydrogens is 256 g/mol. The number of carbonyl (C=O) groups is 2. The van der Waals surface area contributed by atoms with Crippen LogP contribution in [0.2, 0.25) is 0 Å². The van der Waals surface area contributed by atoms with Crippen LogP contribution in [0.4, 0.5) is 0 Å². The third kappa shape index (κ3) is 3.38. The quantitative estimate of drug-likeness (QED) is 0.783. The largest absolute Gasteiger partial charge is 0.481 e. The Bertz CT molecular complexity index is 643. The van der Waals surface area contributed by atoms with E-state index in [2.05, 4.69) is 10.3 Å². The summed E-state index contributed by atoms with van der Waals surface area (Å²) in [5, 5.41) is 12.6. The second kappa shape index (κ2) is 5.36. The number of rotatable bonds is 5. The highest BCUT2D eigenvalue weighted by Crippen LogP contribution is 2.16. The number of carbonyl (C=O) groups excluding carboxylic acids is 1. The number of aromatic amines is 1. The van der Waals surface area contributed by atoms with Crippen LogP contribution in [-0.4, -0.2) is 27.5 Å². The third-order valence-electron chi connectivity index (χ3n) is 3.23. The van der Waals surface area contributed by atoms with E-state index in [1.165, 1.54) is 0 Å². The number of carboxylic acids is 1. The van der Waals surface area contributed by atoms with E-state index in [-0.39, 0.29) is 12.3 Å². The molecule has 0 unspecified atom stereocenters. The van der Waals surface area contributed by atoms with Crippen LogP contribution in [0.1, 0.15) is 37.0 Å². The summed E-state index contributed by atoms with van der Waals surface area (Å²) in [6, 6.07) is 7.33. The molecule has 5 heteroatoms. The van der Waals surface area contributed by atoms with E-state index >= 15 is 0 Å². The summed E-state index contributed by atoms with van der Waals surface area (Å²) >= 11 is 0. The first kappa shape index (κ1) is 14.1. The number of benzene rings is 1. The molecule has 0 aliphatic heterocycles. The Kier molecular flexibility index (Phi) is 3.79. The smallest absolute Gasteiger partial charge is 0.303 e. The molecule has 1 heterocycles. The average Bonchev–Trinajstić information content (AvgIpc) is 2.83. The summed E-state index contributed by atoms with van der Waals surface area (Å²) in [6.45, 7) is 3.64. The summed E-state index contributed by atoms with van der Waals surface area (Å²) < 4.78 is 0. The van der Waals surface area contributed by atoms with Crippen molar-refractivity contribution in [2.45, 2.75) is 32.2 Å². The predicted octanol–water partition coefficient (Wildman–Crippen LogP) is 2.54. The van der Waals surface area contributed by atoms with Gasteiger partial charge in [-0.3, -0.25) is 9.59 Å². The highest BCUT2D eigenvalue weighted by Gasteiger charge is 2.22. The summed E-state index contributed by atoms with van der Waals surface area (Å²) in [7, 11) is 0. The number of carboxylic acid groups (broad SMARTS) is 1. The number of hydrogen-bond donors (Lipinski definition) is 3. The second-order valence-corrected chi connectivity index (χ2v) is 5.51. The monoisotopic (exact) mass is 274 g/mol. The van der Waals surface area contributed by atoms with Crippen LogP contribution in [0.3, 0.4) is 0 Å².